The third-order valence-electron chi connectivity index (χ3n) is 3.82. The Hall–Kier alpha value is -1.89. The minimum atomic E-state index is -0.417. The van der Waals surface area contributed by atoms with Crippen LogP contribution in [0.5, 0.6) is 5.75 Å². The number of rotatable bonds is 2. The molecule has 0 saturated heterocycles. The molecule has 0 atom stereocenters. The van der Waals surface area contributed by atoms with E-state index in [9.17, 15) is 14.8 Å². The van der Waals surface area contributed by atoms with Crippen LogP contribution < -0.4 is 0 Å². The summed E-state index contributed by atoms with van der Waals surface area (Å²) in [5.41, 5.74) is 2.22. The van der Waals surface area contributed by atoms with Crippen LogP contribution in [-0.2, 0) is 12.8 Å². The molecule has 2 aromatic rings. The van der Waals surface area contributed by atoms with Crippen LogP contribution in [0.15, 0.2) is 23.2 Å². The molecular formula is C17H15FN2OSe. The van der Waals surface area contributed by atoms with Crippen molar-refractivity contribution >= 4 is 25.3 Å². The van der Waals surface area contributed by atoms with E-state index in [0.29, 0.717) is 11.1 Å². The molecule has 5 heteroatoms. The maximum atomic E-state index is 13.2. The number of hydrogen-bond donors (Lipinski definition) is 1. The third kappa shape index (κ3) is 2.99. The quantitative estimate of drug-likeness (QED) is 0.506. The molecule has 0 radical (unpaired) electrons. The topological polar surface area (TPSA) is 56.4 Å². The Morgan fingerprint density at radius 1 is 1.27 bits per heavy atom. The Labute approximate surface area is 134 Å². The van der Waals surface area contributed by atoms with E-state index in [4.69, 9.17) is 0 Å². The molecule has 0 fully saturated rings. The first kappa shape index (κ1) is 15.0. The van der Waals surface area contributed by atoms with Crippen molar-refractivity contribution in [2.45, 2.75) is 32.1 Å². The summed E-state index contributed by atoms with van der Waals surface area (Å²) in [5.74, 6) is -0.427. The van der Waals surface area contributed by atoms with E-state index < -0.39 is 5.82 Å². The van der Waals surface area contributed by atoms with Gasteiger partial charge in [0.2, 0.25) is 0 Å². The number of halogens is 1. The summed E-state index contributed by atoms with van der Waals surface area (Å²) in [6, 6.07) is 6.05. The minimum absolute atomic E-state index is 0.00993. The number of hydrogen-bond acceptors (Lipinski definition) is 3. The molecule has 0 amide bonds. The molecule has 1 heterocycles. The summed E-state index contributed by atoms with van der Waals surface area (Å²) in [6.45, 7) is 0. The van der Waals surface area contributed by atoms with Crippen LogP contribution in [0.3, 0.4) is 0 Å². The van der Waals surface area contributed by atoms with Gasteiger partial charge in [0.15, 0.2) is 0 Å². The van der Waals surface area contributed by atoms with E-state index in [1.54, 1.807) is 0 Å². The molecule has 112 valence electrons. The van der Waals surface area contributed by atoms with Gasteiger partial charge in [-0.2, -0.15) is 0 Å². The second-order valence-electron chi connectivity index (χ2n) is 5.32. The summed E-state index contributed by atoms with van der Waals surface area (Å²) >= 11 is 0.0736. The molecule has 1 aliphatic rings. The first-order valence-corrected chi connectivity index (χ1v) is 8.97. The standard InChI is InChI=1S/C17H15FN2OSe/c18-12-6-7-15(21)11(8-12)10-20-17-14(9-19)13-4-2-1-3-5-16(13)22-17/h6-8,10,21H,1-5H2/b20-10+. The normalized spacial score (nSPS) is 14.5. The summed E-state index contributed by atoms with van der Waals surface area (Å²) in [4.78, 5) is 4.39. The Kier molecular flexibility index (Phi) is 4.42. The second kappa shape index (κ2) is 6.48. The molecule has 0 spiro atoms. The second-order valence-corrected chi connectivity index (χ2v) is 7.59. The summed E-state index contributed by atoms with van der Waals surface area (Å²) in [7, 11) is 0. The molecule has 1 aromatic heterocycles. The van der Waals surface area contributed by atoms with Gasteiger partial charge in [0.1, 0.15) is 0 Å². The zero-order chi connectivity index (χ0) is 15.5. The first-order chi connectivity index (χ1) is 10.7. The fourth-order valence-corrected chi connectivity index (χ4v) is 5.17. The van der Waals surface area contributed by atoms with Gasteiger partial charge < -0.3 is 0 Å². The van der Waals surface area contributed by atoms with Crippen LogP contribution in [0.1, 0.15) is 40.4 Å². The first-order valence-electron chi connectivity index (χ1n) is 7.26. The molecule has 3 nitrogen and oxygen atoms in total. The predicted octanol–water partition coefficient (Wildman–Crippen LogP) is 3.48. The average Bonchev–Trinajstić information content (AvgIpc) is 2.68. The van der Waals surface area contributed by atoms with Crippen molar-refractivity contribution in [3.63, 3.8) is 0 Å². The van der Waals surface area contributed by atoms with E-state index in [-0.39, 0.29) is 20.3 Å². The van der Waals surface area contributed by atoms with Crippen molar-refractivity contribution in [2.24, 2.45) is 4.99 Å². The van der Waals surface area contributed by atoms with Gasteiger partial charge in [-0.15, -0.1) is 0 Å². The fourth-order valence-electron chi connectivity index (χ4n) is 2.69. The number of phenols is 1. The number of phenolic OH excluding ortho intramolecular Hbond substituents is 1. The van der Waals surface area contributed by atoms with Crippen LogP contribution in [0, 0.1) is 17.1 Å². The predicted molar refractivity (Wildman–Crippen MR) is 84.7 cm³/mol. The average molecular weight is 361 g/mol. The molecule has 3 rings (SSSR count). The van der Waals surface area contributed by atoms with Crippen molar-refractivity contribution in [1.82, 2.24) is 0 Å². The van der Waals surface area contributed by atoms with E-state index >= 15 is 0 Å². The molecule has 0 aliphatic heterocycles. The Morgan fingerprint density at radius 3 is 2.91 bits per heavy atom. The van der Waals surface area contributed by atoms with Gasteiger partial charge in [-0.25, -0.2) is 0 Å². The van der Waals surface area contributed by atoms with Crippen molar-refractivity contribution < 1.29 is 9.50 Å². The Balaban J connectivity index is 1.97. The van der Waals surface area contributed by atoms with Crippen molar-refractivity contribution in [3.05, 3.63) is 45.1 Å². The van der Waals surface area contributed by atoms with Gasteiger partial charge in [-0.05, 0) is 0 Å². The summed E-state index contributed by atoms with van der Waals surface area (Å²) in [5, 5.41) is 19.2. The maximum absolute atomic E-state index is 13.2. The molecule has 1 aliphatic carbocycles. The van der Waals surface area contributed by atoms with Crippen LogP contribution >= 0.6 is 0 Å². The van der Waals surface area contributed by atoms with Crippen molar-refractivity contribution in [2.75, 3.05) is 0 Å². The van der Waals surface area contributed by atoms with Crippen LogP contribution in [0.4, 0.5) is 8.95 Å². The molecule has 1 N–H and O–H groups in total. The summed E-state index contributed by atoms with van der Waals surface area (Å²) < 4.78 is 15.4. The molecule has 1 aromatic carbocycles. The number of nitriles is 1. The fraction of sp³-hybridized carbons (Fsp3) is 0.294. The molecule has 0 saturated carbocycles. The van der Waals surface area contributed by atoms with Gasteiger partial charge in [0.05, 0.1) is 0 Å². The molecule has 0 bridgehead atoms. The molecule has 0 unspecified atom stereocenters. The van der Waals surface area contributed by atoms with Crippen LogP contribution in [-0.4, -0.2) is 25.8 Å². The van der Waals surface area contributed by atoms with Gasteiger partial charge >= 0.3 is 134 Å². The van der Waals surface area contributed by atoms with Gasteiger partial charge in [0.25, 0.3) is 0 Å². The molecule has 22 heavy (non-hydrogen) atoms. The number of benzene rings is 1. The van der Waals surface area contributed by atoms with Gasteiger partial charge in [0, 0.05) is 0 Å². The van der Waals surface area contributed by atoms with Crippen molar-refractivity contribution in [1.29, 1.82) is 5.26 Å². The third-order valence-corrected chi connectivity index (χ3v) is 6.34. The zero-order valence-electron chi connectivity index (χ0n) is 12.0. The SMILES string of the molecule is N#Cc1c(/N=C/c2cc(F)ccc2O)[se]c2c1CCCCC2. The number of aryl methyl sites for hydroxylation is 1. The number of nitrogens with zero attached hydrogens (tertiary/aromatic N) is 2. The van der Waals surface area contributed by atoms with E-state index in [2.05, 4.69) is 11.1 Å². The number of aromatic hydroxyl groups is 1. The Morgan fingerprint density at radius 2 is 2.09 bits per heavy atom. The number of fused-ring (bicyclic) bond motifs is 1. The molecular weight excluding hydrogens is 346 g/mol. The monoisotopic (exact) mass is 362 g/mol. The Bertz CT molecular complexity index is 774. The zero-order valence-corrected chi connectivity index (χ0v) is 13.7. The summed E-state index contributed by atoms with van der Waals surface area (Å²) in [6.07, 6.45) is 7.01. The van der Waals surface area contributed by atoms with Crippen LogP contribution in [0.25, 0.3) is 0 Å². The van der Waals surface area contributed by atoms with Crippen molar-refractivity contribution in [3.8, 4) is 11.8 Å². The van der Waals surface area contributed by atoms with E-state index in [0.717, 1.165) is 23.8 Å². The van der Waals surface area contributed by atoms with E-state index in [1.807, 2.05) is 0 Å². The number of aliphatic imine (C=N–C) groups is 1. The van der Waals surface area contributed by atoms with Gasteiger partial charge in [-0.1, -0.05) is 0 Å². The van der Waals surface area contributed by atoms with Gasteiger partial charge in [-0.3, -0.25) is 0 Å². The van der Waals surface area contributed by atoms with Crippen LogP contribution in [0.2, 0.25) is 0 Å². The van der Waals surface area contributed by atoms with E-state index in [1.165, 1.54) is 47.3 Å².